The number of carbonyl (C=O) groups is 1. The van der Waals surface area contributed by atoms with E-state index in [4.69, 9.17) is 4.74 Å². The highest BCUT2D eigenvalue weighted by molar-refractivity contribution is 8.19. The molecule has 0 aliphatic carbocycles. The third kappa shape index (κ3) is 5.75. The van der Waals surface area contributed by atoms with Crippen molar-refractivity contribution in [3.63, 3.8) is 0 Å². The monoisotopic (exact) mass is 459 g/mol. The van der Waals surface area contributed by atoms with E-state index < -0.39 is 10.0 Å². The first-order valence-corrected chi connectivity index (χ1v) is 12.0. The zero-order valence-corrected chi connectivity index (χ0v) is 19.3. The maximum Gasteiger partial charge on any atom is 0.284 e. The maximum atomic E-state index is 13.0. The van der Waals surface area contributed by atoms with Crippen molar-refractivity contribution < 1.29 is 17.9 Å². The number of amidine groups is 1. The highest BCUT2D eigenvalue weighted by atomic mass is 32.2. The number of sulfonamides is 1. The van der Waals surface area contributed by atoms with Gasteiger partial charge < -0.3 is 9.64 Å². The Balaban J connectivity index is 1.93. The molecule has 3 rings (SSSR count). The van der Waals surface area contributed by atoms with E-state index in [-0.39, 0.29) is 16.0 Å². The summed E-state index contributed by atoms with van der Waals surface area (Å²) < 4.78 is 34.6. The lowest BCUT2D eigenvalue weighted by Gasteiger charge is -2.15. The number of hydrogen-bond donors (Lipinski definition) is 0. The van der Waals surface area contributed by atoms with E-state index in [9.17, 15) is 13.2 Å². The van der Waals surface area contributed by atoms with Crippen LogP contribution in [0.15, 0.2) is 68.8 Å². The molecule has 7 nitrogen and oxygen atoms in total. The van der Waals surface area contributed by atoms with Crippen LogP contribution < -0.4 is 4.90 Å². The van der Waals surface area contributed by atoms with E-state index >= 15 is 0 Å². The third-order valence-corrected chi connectivity index (χ3v) is 6.97. The number of benzene rings is 2. The van der Waals surface area contributed by atoms with Crippen LogP contribution in [-0.2, 0) is 19.6 Å². The molecule has 31 heavy (non-hydrogen) atoms. The van der Waals surface area contributed by atoms with Crippen molar-refractivity contribution in [2.24, 2.45) is 4.40 Å². The third-order valence-electron chi connectivity index (χ3n) is 4.56. The number of carbonyl (C=O) groups excluding carboxylic acids is 1. The fourth-order valence-electron chi connectivity index (χ4n) is 2.91. The quantitative estimate of drug-likeness (QED) is 0.444. The average molecular weight is 460 g/mol. The molecule has 1 heterocycles. The van der Waals surface area contributed by atoms with Crippen molar-refractivity contribution in [1.29, 1.82) is 0 Å². The Morgan fingerprint density at radius 3 is 2.39 bits per heavy atom. The van der Waals surface area contributed by atoms with Gasteiger partial charge in [-0.3, -0.25) is 9.69 Å². The lowest BCUT2D eigenvalue weighted by atomic mass is 10.2. The Morgan fingerprint density at radius 2 is 1.77 bits per heavy atom. The van der Waals surface area contributed by atoms with Crippen LogP contribution in [0.4, 0.5) is 5.69 Å². The van der Waals surface area contributed by atoms with Crippen LogP contribution in [0.1, 0.15) is 12.0 Å². The smallest absolute Gasteiger partial charge is 0.284 e. The molecule has 0 N–H and O–H groups in total. The average Bonchev–Trinajstić information content (AvgIpc) is 3.03. The van der Waals surface area contributed by atoms with Gasteiger partial charge in [-0.1, -0.05) is 30.3 Å². The molecule has 0 spiro atoms. The Bertz CT molecular complexity index is 1080. The number of ether oxygens (including phenoxy) is 1. The maximum absolute atomic E-state index is 13.0. The van der Waals surface area contributed by atoms with E-state index in [1.54, 1.807) is 31.4 Å². The van der Waals surface area contributed by atoms with E-state index in [1.807, 2.05) is 43.3 Å². The Morgan fingerprint density at radius 1 is 1.10 bits per heavy atom. The van der Waals surface area contributed by atoms with Crippen molar-refractivity contribution in [1.82, 2.24) is 4.90 Å². The molecule has 1 fully saturated rings. The highest BCUT2D eigenvalue weighted by Gasteiger charge is 2.34. The number of anilines is 1. The fourth-order valence-corrected chi connectivity index (χ4v) is 5.14. The number of amides is 1. The van der Waals surface area contributed by atoms with E-state index in [2.05, 4.69) is 4.40 Å². The van der Waals surface area contributed by atoms with Gasteiger partial charge >= 0.3 is 0 Å². The largest absolute Gasteiger partial charge is 0.385 e. The van der Waals surface area contributed by atoms with Gasteiger partial charge in [0.2, 0.25) is 0 Å². The van der Waals surface area contributed by atoms with Crippen LogP contribution in [0.5, 0.6) is 0 Å². The van der Waals surface area contributed by atoms with Crippen LogP contribution in [0.3, 0.4) is 0 Å². The van der Waals surface area contributed by atoms with Crippen molar-refractivity contribution in [3.05, 3.63) is 65.1 Å². The van der Waals surface area contributed by atoms with Crippen LogP contribution in [0, 0.1) is 0 Å². The highest BCUT2D eigenvalue weighted by Crippen LogP contribution is 2.34. The summed E-state index contributed by atoms with van der Waals surface area (Å²) in [5, 5.41) is 0.154. The predicted molar refractivity (Wildman–Crippen MR) is 126 cm³/mol. The van der Waals surface area contributed by atoms with Gasteiger partial charge in [-0.2, -0.15) is 8.42 Å². The molecule has 0 unspecified atom stereocenters. The summed E-state index contributed by atoms with van der Waals surface area (Å²) in [6.07, 6.45) is 2.32. The Labute approximate surface area is 187 Å². The van der Waals surface area contributed by atoms with Crippen LogP contribution >= 0.6 is 11.8 Å². The van der Waals surface area contributed by atoms with Gasteiger partial charge in [-0.25, -0.2) is 0 Å². The number of rotatable bonds is 8. The lowest BCUT2D eigenvalue weighted by molar-refractivity contribution is -0.122. The standard InChI is InChI=1S/C22H25N3O4S2/c1-24(2)18-12-10-17(11-13-18)16-20-21(26)25(14-7-15-29-3)22(30-20)23-31(27,28)19-8-5-4-6-9-19/h4-6,8-13,16H,7,14-15H2,1-3H3/b20-16-,23-22+. The van der Waals surface area contributed by atoms with Gasteiger partial charge in [0.05, 0.1) is 9.80 Å². The summed E-state index contributed by atoms with van der Waals surface area (Å²) in [5.74, 6) is -0.264. The summed E-state index contributed by atoms with van der Waals surface area (Å²) in [6, 6.07) is 15.7. The summed E-state index contributed by atoms with van der Waals surface area (Å²) in [6.45, 7) is 0.776. The SMILES string of the molecule is COCCCN1C(=O)/C(=C/c2ccc(N(C)C)cc2)S/C1=N/S(=O)(=O)c1ccccc1. The molecule has 0 saturated carbocycles. The minimum atomic E-state index is -3.93. The van der Waals surface area contributed by atoms with Crippen LogP contribution in [0.25, 0.3) is 6.08 Å². The summed E-state index contributed by atoms with van der Waals surface area (Å²) in [7, 11) is 1.56. The van der Waals surface area contributed by atoms with Crippen LogP contribution in [0.2, 0.25) is 0 Å². The first-order valence-electron chi connectivity index (χ1n) is 9.69. The number of nitrogens with zero attached hydrogens (tertiary/aromatic N) is 3. The first kappa shape index (κ1) is 23.1. The van der Waals surface area contributed by atoms with E-state index in [0.717, 1.165) is 23.0 Å². The van der Waals surface area contributed by atoms with Crippen LogP contribution in [-0.4, -0.2) is 58.7 Å². The molecule has 1 amide bonds. The van der Waals surface area contributed by atoms with Gasteiger partial charge in [0.25, 0.3) is 15.9 Å². The van der Waals surface area contributed by atoms with Gasteiger partial charge in [0.15, 0.2) is 5.17 Å². The lowest BCUT2D eigenvalue weighted by Crippen LogP contribution is -2.31. The first-order chi connectivity index (χ1) is 14.8. The van der Waals surface area contributed by atoms with Gasteiger partial charge in [0.1, 0.15) is 0 Å². The minimum absolute atomic E-state index is 0.0871. The van der Waals surface area contributed by atoms with Crippen molar-refractivity contribution in [2.45, 2.75) is 11.3 Å². The molecule has 9 heteroatoms. The summed E-state index contributed by atoms with van der Waals surface area (Å²) >= 11 is 1.07. The van der Waals surface area contributed by atoms with Crippen molar-refractivity contribution in [3.8, 4) is 0 Å². The molecule has 1 saturated heterocycles. The Hall–Kier alpha value is -2.62. The minimum Gasteiger partial charge on any atom is -0.385 e. The predicted octanol–water partition coefficient (Wildman–Crippen LogP) is 3.45. The Kier molecular flexibility index (Phi) is 7.53. The van der Waals surface area contributed by atoms with Crippen molar-refractivity contribution in [2.75, 3.05) is 39.3 Å². The zero-order chi connectivity index (χ0) is 22.4. The number of hydrogen-bond acceptors (Lipinski definition) is 6. The second-order valence-corrected chi connectivity index (χ2v) is 9.67. The molecule has 164 valence electrons. The van der Waals surface area contributed by atoms with Crippen molar-refractivity contribution >= 4 is 44.6 Å². The molecule has 0 aromatic heterocycles. The molecular formula is C22H25N3O4S2. The van der Waals surface area contributed by atoms with Gasteiger partial charge in [-0.15, -0.1) is 4.40 Å². The normalized spacial score (nSPS) is 17.0. The summed E-state index contributed by atoms with van der Waals surface area (Å²) in [4.78, 5) is 16.9. The topological polar surface area (TPSA) is 79.3 Å². The molecule has 0 radical (unpaired) electrons. The molecule has 2 aromatic rings. The summed E-state index contributed by atoms with van der Waals surface area (Å²) in [5.41, 5.74) is 1.90. The molecule has 2 aromatic carbocycles. The second kappa shape index (κ2) is 10.1. The molecule has 0 atom stereocenters. The van der Waals surface area contributed by atoms with E-state index in [0.29, 0.717) is 24.5 Å². The molecule has 1 aliphatic rings. The number of methoxy groups -OCH3 is 1. The number of thioether (sulfide) groups is 1. The second-order valence-electron chi connectivity index (χ2n) is 7.06. The molecule has 1 aliphatic heterocycles. The molecule has 0 bridgehead atoms. The van der Waals surface area contributed by atoms with Gasteiger partial charge in [0, 0.05) is 40.0 Å². The van der Waals surface area contributed by atoms with Gasteiger partial charge in [-0.05, 0) is 54.1 Å². The zero-order valence-electron chi connectivity index (χ0n) is 17.7. The van der Waals surface area contributed by atoms with E-state index in [1.165, 1.54) is 17.0 Å². The fraction of sp³-hybridized carbons (Fsp3) is 0.273. The molecular weight excluding hydrogens is 434 g/mol.